The van der Waals surface area contributed by atoms with Crippen LogP contribution in [0.4, 0.5) is 15.1 Å². The van der Waals surface area contributed by atoms with Crippen molar-refractivity contribution >= 4 is 28.6 Å². The molecular weight excluding hydrogens is 463 g/mol. The van der Waals surface area contributed by atoms with Crippen LogP contribution in [0.2, 0.25) is 0 Å². The predicted octanol–water partition coefficient (Wildman–Crippen LogP) is 4.36. The van der Waals surface area contributed by atoms with Gasteiger partial charge in [-0.05, 0) is 42.3 Å². The highest BCUT2D eigenvalue weighted by Gasteiger charge is 2.15. The van der Waals surface area contributed by atoms with Crippen molar-refractivity contribution in [1.29, 1.82) is 0 Å². The van der Waals surface area contributed by atoms with Crippen LogP contribution < -0.4 is 11.1 Å². The molecule has 9 nitrogen and oxygen atoms in total. The SMILES string of the molecule is C=C(/C=C\C(F)=C/N)c1cc(-c2ccc(CN3CCOCC3)nc2)cc2nc(NC(=O)OCC)[nH]c12. The van der Waals surface area contributed by atoms with Gasteiger partial charge in [-0.1, -0.05) is 18.7 Å². The number of nitrogens with two attached hydrogens (primary N) is 1. The van der Waals surface area contributed by atoms with Crippen LogP contribution in [0.5, 0.6) is 0 Å². The number of anilines is 1. The number of ether oxygens (including phenoxy) is 2. The molecule has 0 saturated carbocycles. The number of morpholine rings is 1. The lowest BCUT2D eigenvalue weighted by Gasteiger charge is -2.26. The summed E-state index contributed by atoms with van der Waals surface area (Å²) in [7, 11) is 0. The molecule has 3 aromatic rings. The fourth-order valence-corrected chi connectivity index (χ4v) is 3.86. The topological polar surface area (TPSA) is 118 Å². The number of aromatic nitrogens is 3. The third-order valence-electron chi connectivity index (χ3n) is 5.69. The van der Waals surface area contributed by atoms with Crippen molar-refractivity contribution in [2.45, 2.75) is 13.5 Å². The fourth-order valence-electron chi connectivity index (χ4n) is 3.86. The van der Waals surface area contributed by atoms with Crippen LogP contribution in [-0.4, -0.2) is 58.9 Å². The molecule has 10 heteroatoms. The number of hydrogen-bond acceptors (Lipinski definition) is 7. The van der Waals surface area contributed by atoms with E-state index >= 15 is 0 Å². The number of halogens is 1. The molecule has 0 aliphatic carbocycles. The lowest BCUT2D eigenvalue weighted by Crippen LogP contribution is -2.35. The minimum absolute atomic E-state index is 0.227. The van der Waals surface area contributed by atoms with Gasteiger partial charge in [0.1, 0.15) is 5.83 Å². The normalized spacial score (nSPS) is 14.9. The number of nitrogens with zero attached hydrogens (tertiary/aromatic N) is 3. The van der Waals surface area contributed by atoms with Crippen molar-refractivity contribution in [1.82, 2.24) is 19.9 Å². The Hall–Kier alpha value is -4.02. The molecule has 1 aliphatic rings. The number of hydrogen-bond donors (Lipinski definition) is 3. The highest BCUT2D eigenvalue weighted by molar-refractivity contribution is 5.97. The fraction of sp³-hybridized carbons (Fsp3) is 0.269. The van der Waals surface area contributed by atoms with Gasteiger partial charge in [-0.25, -0.2) is 14.2 Å². The molecule has 4 rings (SSSR count). The number of aromatic amines is 1. The second kappa shape index (κ2) is 11.6. The average Bonchev–Trinajstić information content (AvgIpc) is 3.29. The summed E-state index contributed by atoms with van der Waals surface area (Å²) in [6.45, 7) is 10.0. The summed E-state index contributed by atoms with van der Waals surface area (Å²) in [6.07, 6.45) is 4.84. The number of fused-ring (bicyclic) bond motifs is 1. The van der Waals surface area contributed by atoms with Crippen molar-refractivity contribution in [2.75, 3.05) is 38.2 Å². The molecule has 1 saturated heterocycles. The Balaban J connectivity index is 1.67. The van der Waals surface area contributed by atoms with Crippen molar-refractivity contribution in [3.63, 3.8) is 0 Å². The Kier molecular flexibility index (Phi) is 8.09. The van der Waals surface area contributed by atoms with Gasteiger partial charge in [-0.3, -0.25) is 15.2 Å². The summed E-state index contributed by atoms with van der Waals surface area (Å²) in [6, 6.07) is 7.82. The maximum Gasteiger partial charge on any atom is 0.413 e. The van der Waals surface area contributed by atoms with Crippen molar-refractivity contribution in [3.05, 3.63) is 72.5 Å². The number of nitrogens with one attached hydrogen (secondary N) is 2. The zero-order chi connectivity index (χ0) is 25.5. The number of pyridine rings is 1. The van der Waals surface area contributed by atoms with E-state index in [1.165, 1.54) is 12.2 Å². The van der Waals surface area contributed by atoms with Crippen LogP contribution >= 0.6 is 0 Å². The largest absolute Gasteiger partial charge is 0.450 e. The Bertz CT molecular complexity index is 1290. The van der Waals surface area contributed by atoms with Gasteiger partial charge in [0.25, 0.3) is 0 Å². The number of rotatable bonds is 8. The van der Waals surface area contributed by atoms with Gasteiger partial charge in [0.15, 0.2) is 0 Å². The molecule has 188 valence electrons. The number of allylic oxidation sites excluding steroid dienone is 4. The van der Waals surface area contributed by atoms with E-state index in [-0.39, 0.29) is 12.6 Å². The van der Waals surface area contributed by atoms with Crippen LogP contribution in [0.25, 0.3) is 27.7 Å². The van der Waals surface area contributed by atoms with Gasteiger partial charge in [-0.2, -0.15) is 0 Å². The molecule has 36 heavy (non-hydrogen) atoms. The molecule has 0 atom stereocenters. The zero-order valence-electron chi connectivity index (χ0n) is 20.1. The molecular formula is C26H29FN6O3. The van der Waals surface area contributed by atoms with E-state index in [4.69, 9.17) is 15.2 Å². The lowest BCUT2D eigenvalue weighted by atomic mass is 9.98. The van der Waals surface area contributed by atoms with Gasteiger partial charge < -0.3 is 20.2 Å². The van der Waals surface area contributed by atoms with E-state index in [1.54, 1.807) is 6.92 Å². The molecule has 1 aromatic carbocycles. The van der Waals surface area contributed by atoms with Crippen molar-refractivity contribution < 1.29 is 18.7 Å². The van der Waals surface area contributed by atoms with Crippen LogP contribution in [0.15, 0.2) is 61.2 Å². The maximum absolute atomic E-state index is 13.6. The molecule has 0 radical (unpaired) electrons. The average molecular weight is 493 g/mol. The van der Waals surface area contributed by atoms with Gasteiger partial charge in [-0.15, -0.1) is 0 Å². The van der Waals surface area contributed by atoms with Crippen molar-refractivity contribution in [2.24, 2.45) is 5.73 Å². The minimum atomic E-state index is -0.618. The van der Waals surface area contributed by atoms with E-state index in [1.807, 2.05) is 30.5 Å². The summed E-state index contributed by atoms with van der Waals surface area (Å²) in [5.74, 6) is -0.358. The first-order chi connectivity index (χ1) is 17.5. The maximum atomic E-state index is 13.6. The number of H-pyrrole nitrogens is 1. The number of amides is 1. The standard InChI is InChI=1S/C26H29FN6O3/c1-3-36-26(34)32-25-30-23-13-19(12-22(24(23)31-25)17(2)4-6-20(27)14-28)18-5-7-21(29-15-18)16-33-8-10-35-11-9-33/h4-7,12-15H,2-3,8-11,16,28H2,1H3,(H2,30,31,32,34)/b6-4-,20-14+. The minimum Gasteiger partial charge on any atom is -0.450 e. The van der Waals surface area contributed by atoms with Crippen LogP contribution in [0.3, 0.4) is 0 Å². The first kappa shape index (κ1) is 25.1. The Morgan fingerprint density at radius 3 is 2.81 bits per heavy atom. The molecule has 4 N–H and O–H groups in total. The highest BCUT2D eigenvalue weighted by atomic mass is 19.1. The van der Waals surface area contributed by atoms with E-state index in [2.05, 4.69) is 31.7 Å². The first-order valence-electron chi connectivity index (χ1n) is 11.6. The highest BCUT2D eigenvalue weighted by Crippen LogP contribution is 2.31. The van der Waals surface area contributed by atoms with Gasteiger partial charge in [0, 0.05) is 43.2 Å². The second-order valence-electron chi connectivity index (χ2n) is 8.19. The zero-order valence-corrected chi connectivity index (χ0v) is 20.1. The first-order valence-corrected chi connectivity index (χ1v) is 11.6. The summed E-state index contributed by atoms with van der Waals surface area (Å²) in [4.78, 5) is 26.4. The van der Waals surface area contributed by atoms with Crippen molar-refractivity contribution in [3.8, 4) is 11.1 Å². The second-order valence-corrected chi connectivity index (χ2v) is 8.19. The van der Waals surface area contributed by atoms with Gasteiger partial charge in [0.2, 0.25) is 5.95 Å². The molecule has 1 aliphatic heterocycles. The summed E-state index contributed by atoms with van der Waals surface area (Å²) in [5.41, 5.74) is 10.4. The number of carbonyl (C=O) groups is 1. The molecule has 0 bridgehead atoms. The molecule has 0 spiro atoms. The Morgan fingerprint density at radius 1 is 1.31 bits per heavy atom. The number of imidazole rings is 1. The number of carbonyl (C=O) groups excluding carboxylic acids is 1. The third kappa shape index (κ3) is 6.15. The van der Waals surface area contributed by atoms with Crippen LogP contribution in [0, 0.1) is 0 Å². The Morgan fingerprint density at radius 2 is 2.11 bits per heavy atom. The summed E-state index contributed by atoms with van der Waals surface area (Å²) < 4.78 is 23.9. The Labute approximate surface area is 208 Å². The van der Waals surface area contributed by atoms with Gasteiger partial charge >= 0.3 is 6.09 Å². The van der Waals surface area contributed by atoms with E-state index in [0.717, 1.165) is 55.9 Å². The predicted molar refractivity (Wildman–Crippen MR) is 138 cm³/mol. The van der Waals surface area contributed by atoms with Crippen LogP contribution in [-0.2, 0) is 16.0 Å². The number of benzene rings is 1. The monoisotopic (exact) mass is 492 g/mol. The molecule has 1 fully saturated rings. The molecule has 2 aromatic heterocycles. The summed E-state index contributed by atoms with van der Waals surface area (Å²) >= 11 is 0. The van der Waals surface area contributed by atoms with E-state index in [9.17, 15) is 9.18 Å². The molecule has 0 unspecified atom stereocenters. The smallest absolute Gasteiger partial charge is 0.413 e. The molecule has 1 amide bonds. The van der Waals surface area contributed by atoms with E-state index < -0.39 is 11.9 Å². The lowest BCUT2D eigenvalue weighted by molar-refractivity contribution is 0.0336. The van der Waals surface area contributed by atoms with E-state index in [0.29, 0.717) is 22.2 Å². The van der Waals surface area contributed by atoms with Gasteiger partial charge in [0.05, 0.1) is 36.5 Å². The summed E-state index contributed by atoms with van der Waals surface area (Å²) in [5, 5.41) is 2.58. The third-order valence-corrected chi connectivity index (χ3v) is 5.69. The van der Waals surface area contributed by atoms with Crippen LogP contribution in [0.1, 0.15) is 18.2 Å². The molecule has 3 heterocycles. The quantitative estimate of drug-likeness (QED) is 0.400.